The first-order valence-corrected chi connectivity index (χ1v) is 12.5. The van der Waals surface area contributed by atoms with Gasteiger partial charge >= 0.3 is 11.9 Å². The molecule has 6 nitrogen and oxygen atoms in total. The molecule has 0 spiro atoms. The summed E-state index contributed by atoms with van der Waals surface area (Å²) < 4.78 is 12.5. The number of carbonyl (C=O) groups is 2. The number of carboxylic acids is 2. The first-order valence-electron chi connectivity index (χ1n) is 12.5. The molecule has 4 aliphatic carbocycles. The third kappa shape index (κ3) is 4.21. The zero-order chi connectivity index (χ0) is 24.9. The summed E-state index contributed by atoms with van der Waals surface area (Å²) in [5, 5.41) is 18.4. The molecule has 0 saturated heterocycles. The molecule has 4 fully saturated rings. The minimum atomic E-state index is -0.969. The largest absolute Gasteiger partial charge is 0.478 e. The van der Waals surface area contributed by atoms with Crippen molar-refractivity contribution in [3.8, 4) is 23.0 Å². The summed E-state index contributed by atoms with van der Waals surface area (Å²) in [5.74, 6) is 2.99. The number of ether oxygens (including phenoxy) is 2. The lowest BCUT2D eigenvalue weighted by atomic mass is 9.48. The van der Waals surface area contributed by atoms with Crippen LogP contribution in [0.5, 0.6) is 23.0 Å². The number of aromatic carboxylic acids is 2. The van der Waals surface area contributed by atoms with Gasteiger partial charge in [0, 0.05) is 5.56 Å². The van der Waals surface area contributed by atoms with Crippen molar-refractivity contribution >= 4 is 11.9 Å². The molecule has 4 aliphatic rings. The van der Waals surface area contributed by atoms with E-state index in [4.69, 9.17) is 14.6 Å². The number of benzene rings is 3. The number of hydrogen-bond acceptors (Lipinski definition) is 4. The molecule has 7 rings (SSSR count). The van der Waals surface area contributed by atoms with Gasteiger partial charge in [0.05, 0.1) is 11.1 Å². The Morgan fingerprint density at radius 3 is 1.56 bits per heavy atom. The van der Waals surface area contributed by atoms with Gasteiger partial charge in [-0.05, 0) is 128 Å². The number of rotatable bonds is 7. The van der Waals surface area contributed by atoms with E-state index in [1.54, 1.807) is 36.4 Å². The normalized spacial score (nSPS) is 25.9. The summed E-state index contributed by atoms with van der Waals surface area (Å²) in [7, 11) is 0. The Hall–Kier alpha value is -3.80. The van der Waals surface area contributed by atoms with Crippen LogP contribution in [-0.2, 0) is 5.41 Å². The summed E-state index contributed by atoms with van der Waals surface area (Å²) in [5.41, 5.74) is 1.65. The van der Waals surface area contributed by atoms with Crippen molar-refractivity contribution in [2.75, 3.05) is 0 Å². The van der Waals surface area contributed by atoms with Gasteiger partial charge in [0.15, 0.2) is 0 Å². The Morgan fingerprint density at radius 2 is 1.08 bits per heavy atom. The van der Waals surface area contributed by atoms with Crippen LogP contribution in [0.1, 0.15) is 64.8 Å². The van der Waals surface area contributed by atoms with Crippen molar-refractivity contribution in [1.82, 2.24) is 0 Å². The van der Waals surface area contributed by atoms with Crippen LogP contribution >= 0.6 is 0 Å². The van der Waals surface area contributed by atoms with Crippen molar-refractivity contribution < 1.29 is 29.3 Å². The molecule has 2 N–H and O–H groups in total. The zero-order valence-electron chi connectivity index (χ0n) is 19.9. The van der Waals surface area contributed by atoms with Gasteiger partial charge in [0.25, 0.3) is 0 Å². The third-order valence-electron chi connectivity index (χ3n) is 8.23. The molecule has 184 valence electrons. The first-order chi connectivity index (χ1) is 17.4. The molecule has 3 aromatic carbocycles. The first kappa shape index (κ1) is 22.7. The summed E-state index contributed by atoms with van der Waals surface area (Å²) in [6.07, 6.45) is 7.47. The van der Waals surface area contributed by atoms with E-state index in [1.807, 2.05) is 12.1 Å². The van der Waals surface area contributed by atoms with E-state index in [9.17, 15) is 14.7 Å². The molecule has 0 atom stereocenters. The number of hydrogen-bond donors (Lipinski definition) is 2. The molecule has 4 bridgehead atoms. The summed E-state index contributed by atoms with van der Waals surface area (Å²) in [4.78, 5) is 22.4. The minimum Gasteiger partial charge on any atom is -0.478 e. The Balaban J connectivity index is 1.35. The maximum atomic E-state index is 11.2. The average molecular weight is 485 g/mol. The smallest absolute Gasteiger partial charge is 0.335 e. The molecule has 4 saturated carbocycles. The third-order valence-corrected chi connectivity index (χ3v) is 8.23. The highest BCUT2D eigenvalue weighted by atomic mass is 16.5. The van der Waals surface area contributed by atoms with Crippen LogP contribution in [0.25, 0.3) is 0 Å². The lowest BCUT2D eigenvalue weighted by Crippen LogP contribution is -2.48. The van der Waals surface area contributed by atoms with Gasteiger partial charge in [0.1, 0.15) is 23.0 Å². The number of carboxylic acid groups (broad SMARTS) is 2. The molecule has 0 amide bonds. The lowest BCUT2D eigenvalue weighted by molar-refractivity contribution is -0.00605. The Bertz CT molecular complexity index is 1270. The summed E-state index contributed by atoms with van der Waals surface area (Å²) in [6, 6.07) is 18.8. The van der Waals surface area contributed by atoms with Gasteiger partial charge in [-0.3, -0.25) is 0 Å². The molecule has 3 aromatic rings. The quantitative estimate of drug-likeness (QED) is 0.370. The molecule has 0 heterocycles. The second-order valence-electron chi connectivity index (χ2n) is 10.7. The van der Waals surface area contributed by atoms with E-state index in [-0.39, 0.29) is 16.5 Å². The van der Waals surface area contributed by atoms with E-state index in [1.165, 1.54) is 31.4 Å². The average Bonchev–Trinajstić information content (AvgIpc) is 2.85. The molecule has 6 heteroatoms. The van der Waals surface area contributed by atoms with Crippen LogP contribution in [0.15, 0.2) is 66.7 Å². The van der Waals surface area contributed by atoms with Crippen molar-refractivity contribution in [3.63, 3.8) is 0 Å². The highest BCUT2D eigenvalue weighted by Gasteiger charge is 2.52. The van der Waals surface area contributed by atoms with E-state index in [0.29, 0.717) is 17.2 Å². The minimum absolute atomic E-state index is 0.0532. The van der Waals surface area contributed by atoms with E-state index in [2.05, 4.69) is 6.07 Å². The second-order valence-corrected chi connectivity index (χ2v) is 10.7. The van der Waals surface area contributed by atoms with E-state index in [0.717, 1.165) is 48.3 Å². The predicted octanol–water partition coefficient (Wildman–Crippen LogP) is 7.14. The van der Waals surface area contributed by atoms with Crippen LogP contribution in [-0.4, -0.2) is 22.2 Å². The lowest BCUT2D eigenvalue weighted by Gasteiger charge is -2.57. The highest BCUT2D eigenvalue weighted by molar-refractivity contribution is 5.88. The maximum Gasteiger partial charge on any atom is 0.335 e. The molecule has 0 radical (unpaired) electrons. The van der Waals surface area contributed by atoms with Gasteiger partial charge in [-0.25, -0.2) is 9.59 Å². The fraction of sp³-hybridized carbons (Fsp3) is 0.333. The van der Waals surface area contributed by atoms with Crippen molar-refractivity contribution in [2.24, 2.45) is 17.8 Å². The van der Waals surface area contributed by atoms with E-state index >= 15 is 0 Å². The van der Waals surface area contributed by atoms with Crippen molar-refractivity contribution in [3.05, 3.63) is 83.4 Å². The highest BCUT2D eigenvalue weighted by Crippen LogP contribution is 2.62. The molecule has 0 aromatic heterocycles. The molecule has 0 unspecified atom stereocenters. The topological polar surface area (TPSA) is 93.1 Å². The van der Waals surface area contributed by atoms with Crippen molar-refractivity contribution in [2.45, 2.75) is 43.9 Å². The Labute approximate surface area is 209 Å². The summed E-state index contributed by atoms with van der Waals surface area (Å²) >= 11 is 0. The summed E-state index contributed by atoms with van der Waals surface area (Å²) in [6.45, 7) is 0. The molecular formula is C30H28O6. The molecule has 36 heavy (non-hydrogen) atoms. The van der Waals surface area contributed by atoms with Gasteiger partial charge in [-0.1, -0.05) is 0 Å². The van der Waals surface area contributed by atoms with Gasteiger partial charge in [0.2, 0.25) is 0 Å². The van der Waals surface area contributed by atoms with Crippen LogP contribution in [0.4, 0.5) is 0 Å². The van der Waals surface area contributed by atoms with Gasteiger partial charge in [-0.2, -0.15) is 0 Å². The second kappa shape index (κ2) is 8.70. The fourth-order valence-electron chi connectivity index (χ4n) is 7.11. The molecule has 0 aliphatic heterocycles. The Kier molecular flexibility index (Phi) is 5.47. The van der Waals surface area contributed by atoms with Crippen LogP contribution < -0.4 is 9.47 Å². The fourth-order valence-corrected chi connectivity index (χ4v) is 7.11. The van der Waals surface area contributed by atoms with Crippen LogP contribution in [0.2, 0.25) is 0 Å². The monoisotopic (exact) mass is 484 g/mol. The van der Waals surface area contributed by atoms with Gasteiger partial charge in [-0.15, -0.1) is 0 Å². The molecular weight excluding hydrogens is 456 g/mol. The SMILES string of the molecule is O=C(O)c1ccc(Oc2ccc(Oc3ccc(C(=O)O)cc3)c(C34CC5CC(CC(C5)C3)C4)c2)cc1. The van der Waals surface area contributed by atoms with Crippen LogP contribution in [0.3, 0.4) is 0 Å². The zero-order valence-corrected chi connectivity index (χ0v) is 19.9. The maximum absolute atomic E-state index is 11.2. The van der Waals surface area contributed by atoms with Gasteiger partial charge < -0.3 is 19.7 Å². The standard InChI is InChI=1S/C30H28O6/c31-28(32)21-1-5-23(6-2-21)35-25-9-10-27(36-24-7-3-22(4-8-24)29(33)34)26(14-25)30-15-18-11-19(16-30)13-20(12-18)17-30/h1-10,14,18-20H,11-13,15-17H2,(H,31,32)(H,33,34). The van der Waals surface area contributed by atoms with E-state index < -0.39 is 11.9 Å². The Morgan fingerprint density at radius 1 is 0.639 bits per heavy atom. The predicted molar refractivity (Wildman–Crippen MR) is 133 cm³/mol. The van der Waals surface area contributed by atoms with Crippen molar-refractivity contribution in [1.29, 1.82) is 0 Å². The van der Waals surface area contributed by atoms with Crippen LogP contribution in [0, 0.1) is 17.8 Å².